The van der Waals surface area contributed by atoms with Crippen molar-refractivity contribution in [1.29, 1.82) is 0 Å². The molecule has 1 aromatic carbocycles. The van der Waals surface area contributed by atoms with E-state index in [0.717, 1.165) is 17.4 Å². The lowest BCUT2D eigenvalue weighted by molar-refractivity contribution is -0.114. The topological polar surface area (TPSA) is 101 Å². The highest BCUT2D eigenvalue weighted by Crippen LogP contribution is 2.35. The third-order valence-corrected chi connectivity index (χ3v) is 5.78. The molecule has 0 saturated heterocycles. The standard InChI is InChI=1S/C10H7Cl2N3O4S3/c1-4(16)13-9-14-15(10(20)21-9)22(18,19)7-3-5(11)2-6(12)8(7)17/h2-3,17H,1H3,(H,13,14,16). The lowest BCUT2D eigenvalue weighted by Crippen LogP contribution is -2.16. The van der Waals surface area contributed by atoms with Gasteiger partial charge >= 0.3 is 0 Å². The Morgan fingerprint density at radius 2 is 2.09 bits per heavy atom. The molecule has 22 heavy (non-hydrogen) atoms. The molecule has 0 bridgehead atoms. The van der Waals surface area contributed by atoms with Gasteiger partial charge in [0.1, 0.15) is 4.90 Å². The number of phenols is 1. The number of nitrogens with one attached hydrogen (secondary N) is 1. The Balaban J connectivity index is 2.64. The number of rotatable bonds is 3. The van der Waals surface area contributed by atoms with Crippen LogP contribution in [0.25, 0.3) is 0 Å². The number of nitrogens with zero attached hydrogens (tertiary/aromatic N) is 2. The SMILES string of the molecule is CC(=O)Nc1nn(S(=O)(=O)c2cc(Cl)cc(Cl)c2O)c(=S)s1. The minimum Gasteiger partial charge on any atom is -0.505 e. The zero-order chi connectivity index (χ0) is 16.7. The number of phenolic OH excluding ortho intramolecular Hbond substituents is 1. The first-order chi connectivity index (χ1) is 10.1. The minimum absolute atomic E-state index is 0.00805. The fourth-order valence-electron chi connectivity index (χ4n) is 1.45. The van der Waals surface area contributed by atoms with Crippen LogP contribution in [0.1, 0.15) is 6.92 Å². The second-order valence-electron chi connectivity index (χ2n) is 3.94. The molecule has 0 atom stereocenters. The first-order valence-electron chi connectivity index (χ1n) is 5.44. The zero-order valence-electron chi connectivity index (χ0n) is 10.7. The van der Waals surface area contributed by atoms with Crippen LogP contribution in [0.3, 0.4) is 0 Å². The van der Waals surface area contributed by atoms with Crippen molar-refractivity contribution in [3.63, 3.8) is 0 Å². The first-order valence-corrected chi connectivity index (χ1v) is 8.86. The number of aromatic hydroxyl groups is 1. The van der Waals surface area contributed by atoms with Crippen LogP contribution < -0.4 is 5.32 Å². The Morgan fingerprint density at radius 1 is 1.45 bits per heavy atom. The van der Waals surface area contributed by atoms with E-state index >= 15 is 0 Å². The molecule has 0 aliphatic rings. The maximum atomic E-state index is 12.5. The molecule has 0 unspecified atom stereocenters. The summed E-state index contributed by atoms with van der Waals surface area (Å²) < 4.78 is 25.4. The molecule has 0 radical (unpaired) electrons. The third kappa shape index (κ3) is 3.25. The summed E-state index contributed by atoms with van der Waals surface area (Å²) in [5, 5.41) is 15.7. The molecule has 0 fully saturated rings. The number of aromatic nitrogens is 2. The summed E-state index contributed by atoms with van der Waals surface area (Å²) >= 11 is 17.2. The number of anilines is 1. The van der Waals surface area contributed by atoms with Crippen molar-refractivity contribution in [2.24, 2.45) is 0 Å². The van der Waals surface area contributed by atoms with E-state index in [2.05, 4.69) is 10.4 Å². The maximum absolute atomic E-state index is 12.5. The molecule has 1 aromatic heterocycles. The predicted molar refractivity (Wildman–Crippen MR) is 86.0 cm³/mol. The average Bonchev–Trinajstić information content (AvgIpc) is 2.74. The van der Waals surface area contributed by atoms with Gasteiger partial charge in [0.25, 0.3) is 10.0 Å². The number of carbonyl (C=O) groups excluding carboxylic acids is 1. The van der Waals surface area contributed by atoms with E-state index in [1.165, 1.54) is 13.0 Å². The van der Waals surface area contributed by atoms with Crippen LogP contribution >= 0.6 is 46.8 Å². The van der Waals surface area contributed by atoms with Gasteiger partial charge in [0.2, 0.25) is 11.0 Å². The minimum atomic E-state index is -4.32. The van der Waals surface area contributed by atoms with Crippen LogP contribution in [-0.4, -0.2) is 28.6 Å². The monoisotopic (exact) mass is 399 g/mol. The van der Waals surface area contributed by atoms with Gasteiger partial charge in [-0.05, 0) is 24.4 Å². The van der Waals surface area contributed by atoms with Gasteiger partial charge in [-0.2, -0.15) is 8.42 Å². The van der Waals surface area contributed by atoms with E-state index in [-0.39, 0.29) is 19.1 Å². The predicted octanol–water partition coefficient (Wildman–Crippen LogP) is 2.88. The Bertz CT molecular complexity index is 920. The van der Waals surface area contributed by atoms with Gasteiger partial charge in [0, 0.05) is 11.9 Å². The molecule has 2 aromatic rings. The number of amides is 1. The van der Waals surface area contributed by atoms with Crippen molar-refractivity contribution in [3.05, 3.63) is 26.1 Å². The molecule has 0 aliphatic heterocycles. The van der Waals surface area contributed by atoms with Crippen LogP contribution in [0.2, 0.25) is 10.0 Å². The highest BCUT2D eigenvalue weighted by atomic mass is 35.5. The second kappa shape index (κ2) is 6.13. The highest BCUT2D eigenvalue weighted by Gasteiger charge is 2.26. The smallest absolute Gasteiger partial charge is 0.288 e. The van der Waals surface area contributed by atoms with Gasteiger partial charge in [0.15, 0.2) is 9.70 Å². The lowest BCUT2D eigenvalue weighted by Gasteiger charge is -2.08. The summed E-state index contributed by atoms with van der Waals surface area (Å²) in [5.74, 6) is -1.09. The number of hydrogen-bond donors (Lipinski definition) is 2. The summed E-state index contributed by atoms with van der Waals surface area (Å²) in [6.45, 7) is 1.24. The summed E-state index contributed by atoms with van der Waals surface area (Å²) in [7, 11) is -4.32. The molecule has 12 heteroatoms. The Kier molecular flexibility index (Phi) is 4.78. The summed E-state index contributed by atoms with van der Waals surface area (Å²) in [5.41, 5.74) is 0. The fraction of sp³-hybridized carbons (Fsp3) is 0.100. The van der Waals surface area contributed by atoms with E-state index in [1.54, 1.807) is 0 Å². The fourth-order valence-corrected chi connectivity index (χ4v) is 4.90. The van der Waals surface area contributed by atoms with Crippen LogP contribution in [0.5, 0.6) is 5.75 Å². The molecule has 2 rings (SSSR count). The van der Waals surface area contributed by atoms with Gasteiger partial charge in [-0.3, -0.25) is 4.79 Å². The maximum Gasteiger partial charge on any atom is 0.288 e. The van der Waals surface area contributed by atoms with E-state index in [1.807, 2.05) is 0 Å². The number of carbonyl (C=O) groups is 1. The van der Waals surface area contributed by atoms with E-state index in [0.29, 0.717) is 4.09 Å². The number of hydrogen-bond acceptors (Lipinski definition) is 7. The average molecular weight is 400 g/mol. The number of benzene rings is 1. The quantitative estimate of drug-likeness (QED) is 0.769. The Labute approximate surface area is 144 Å². The van der Waals surface area contributed by atoms with Crippen molar-refractivity contribution in [3.8, 4) is 5.75 Å². The molecule has 1 amide bonds. The molecule has 7 nitrogen and oxygen atoms in total. The molecule has 2 N–H and O–H groups in total. The van der Waals surface area contributed by atoms with Gasteiger partial charge < -0.3 is 10.4 Å². The van der Waals surface area contributed by atoms with Crippen molar-refractivity contribution in [2.45, 2.75) is 11.8 Å². The summed E-state index contributed by atoms with van der Waals surface area (Å²) in [6, 6.07) is 2.22. The first kappa shape index (κ1) is 17.2. The second-order valence-corrected chi connectivity index (χ2v) is 8.14. The van der Waals surface area contributed by atoms with Gasteiger partial charge in [-0.25, -0.2) is 0 Å². The van der Waals surface area contributed by atoms with Crippen LogP contribution in [-0.2, 0) is 14.8 Å². The van der Waals surface area contributed by atoms with Gasteiger partial charge in [-0.1, -0.05) is 34.5 Å². The molecular formula is C10H7Cl2N3O4S3. The van der Waals surface area contributed by atoms with E-state index in [4.69, 9.17) is 35.4 Å². The van der Waals surface area contributed by atoms with Crippen molar-refractivity contribution < 1.29 is 18.3 Å². The lowest BCUT2D eigenvalue weighted by atomic mass is 10.3. The third-order valence-electron chi connectivity index (χ3n) is 2.30. The normalized spacial score (nSPS) is 11.4. The molecule has 0 saturated carbocycles. The van der Waals surface area contributed by atoms with Crippen molar-refractivity contribution in [1.82, 2.24) is 9.19 Å². The van der Waals surface area contributed by atoms with Crippen molar-refractivity contribution in [2.75, 3.05) is 5.32 Å². The van der Waals surface area contributed by atoms with Crippen LogP contribution in [0, 0.1) is 3.95 Å². The van der Waals surface area contributed by atoms with Crippen LogP contribution in [0.4, 0.5) is 5.13 Å². The van der Waals surface area contributed by atoms with Crippen LogP contribution in [0.15, 0.2) is 17.0 Å². The Morgan fingerprint density at radius 3 is 2.68 bits per heavy atom. The van der Waals surface area contributed by atoms with Gasteiger partial charge in [0.05, 0.1) is 5.02 Å². The highest BCUT2D eigenvalue weighted by molar-refractivity contribution is 7.90. The Hall–Kier alpha value is -1.20. The molecule has 1 heterocycles. The molecule has 118 valence electrons. The van der Waals surface area contributed by atoms with Crippen molar-refractivity contribution >= 4 is 67.8 Å². The largest absolute Gasteiger partial charge is 0.505 e. The number of halogens is 2. The summed E-state index contributed by atoms with van der Waals surface area (Å²) in [6.07, 6.45) is 0. The van der Waals surface area contributed by atoms with E-state index in [9.17, 15) is 18.3 Å². The molecule has 0 aliphatic carbocycles. The zero-order valence-corrected chi connectivity index (χ0v) is 14.7. The summed E-state index contributed by atoms with van der Waals surface area (Å²) in [4.78, 5) is 10.4. The molecular weight excluding hydrogens is 393 g/mol. The molecule has 0 spiro atoms. The van der Waals surface area contributed by atoms with E-state index < -0.39 is 26.6 Å². The van der Waals surface area contributed by atoms with Gasteiger partial charge in [-0.15, -0.1) is 9.19 Å².